The topological polar surface area (TPSA) is 58.2 Å². The molecule has 0 aromatic heterocycles. The predicted octanol–water partition coefficient (Wildman–Crippen LogP) is 1.91. The van der Waals surface area contributed by atoms with E-state index in [0.717, 1.165) is 0 Å². The lowest BCUT2D eigenvalue weighted by molar-refractivity contribution is -0.114. The third kappa shape index (κ3) is 3.57. The molecule has 0 aliphatic heterocycles. The summed E-state index contributed by atoms with van der Waals surface area (Å²) < 4.78 is 0. The van der Waals surface area contributed by atoms with Crippen LogP contribution in [0.1, 0.15) is 24.2 Å². The number of anilines is 1. The van der Waals surface area contributed by atoms with Crippen molar-refractivity contribution in [3.63, 3.8) is 0 Å². The molecule has 2 amide bonds. The van der Waals surface area contributed by atoms with Gasteiger partial charge in [-0.1, -0.05) is 6.58 Å². The third-order valence-corrected chi connectivity index (χ3v) is 1.79. The highest BCUT2D eigenvalue weighted by Gasteiger charge is 2.04. The minimum absolute atomic E-state index is 0.140. The maximum Gasteiger partial charge on any atom is 0.255 e. The second kappa shape index (κ2) is 5.11. The highest BCUT2D eigenvalue weighted by atomic mass is 16.2. The van der Waals surface area contributed by atoms with Crippen molar-refractivity contribution >= 4 is 17.5 Å². The SMILES string of the molecule is C=C(C)NC(=O)c1ccc(NC(C)=O)cc1. The first-order valence-corrected chi connectivity index (χ1v) is 4.83. The van der Waals surface area contributed by atoms with Gasteiger partial charge in [-0.15, -0.1) is 0 Å². The summed E-state index contributed by atoms with van der Waals surface area (Å²) in [7, 11) is 0. The number of rotatable bonds is 3. The van der Waals surface area contributed by atoms with E-state index in [1.54, 1.807) is 31.2 Å². The van der Waals surface area contributed by atoms with Crippen molar-refractivity contribution < 1.29 is 9.59 Å². The zero-order valence-electron chi connectivity index (χ0n) is 9.33. The van der Waals surface area contributed by atoms with Crippen LogP contribution in [0.15, 0.2) is 36.5 Å². The number of carbonyl (C=O) groups is 2. The molecule has 1 rings (SSSR count). The molecule has 0 saturated heterocycles. The van der Waals surface area contributed by atoms with Crippen LogP contribution in [0, 0.1) is 0 Å². The summed E-state index contributed by atoms with van der Waals surface area (Å²) in [5.74, 6) is -0.346. The molecule has 0 heterocycles. The molecule has 0 spiro atoms. The van der Waals surface area contributed by atoms with E-state index < -0.39 is 0 Å². The van der Waals surface area contributed by atoms with Gasteiger partial charge in [0, 0.05) is 23.9 Å². The molecule has 84 valence electrons. The molecule has 0 bridgehead atoms. The van der Waals surface area contributed by atoms with E-state index in [1.165, 1.54) is 6.92 Å². The highest BCUT2D eigenvalue weighted by molar-refractivity contribution is 5.96. The molecule has 16 heavy (non-hydrogen) atoms. The van der Waals surface area contributed by atoms with Crippen molar-refractivity contribution in [1.82, 2.24) is 5.32 Å². The number of benzene rings is 1. The largest absolute Gasteiger partial charge is 0.327 e. The predicted molar refractivity (Wildman–Crippen MR) is 63.0 cm³/mol. The van der Waals surface area contributed by atoms with Gasteiger partial charge in [-0.25, -0.2) is 0 Å². The lowest BCUT2D eigenvalue weighted by atomic mass is 10.2. The smallest absolute Gasteiger partial charge is 0.255 e. The zero-order valence-corrected chi connectivity index (χ0v) is 9.33. The Bertz CT molecular complexity index is 421. The van der Waals surface area contributed by atoms with E-state index in [1.807, 2.05) is 0 Å². The van der Waals surface area contributed by atoms with E-state index in [2.05, 4.69) is 17.2 Å². The minimum Gasteiger partial charge on any atom is -0.327 e. The van der Waals surface area contributed by atoms with Crippen molar-refractivity contribution in [2.45, 2.75) is 13.8 Å². The second-order valence-corrected chi connectivity index (χ2v) is 3.49. The summed E-state index contributed by atoms with van der Waals surface area (Å²) >= 11 is 0. The van der Waals surface area contributed by atoms with Gasteiger partial charge >= 0.3 is 0 Å². The maximum absolute atomic E-state index is 11.5. The Labute approximate surface area is 94.4 Å². The van der Waals surface area contributed by atoms with Crippen molar-refractivity contribution in [1.29, 1.82) is 0 Å². The Morgan fingerprint density at radius 1 is 1.12 bits per heavy atom. The highest BCUT2D eigenvalue weighted by Crippen LogP contribution is 2.09. The molecule has 0 saturated carbocycles. The first kappa shape index (κ1) is 12.0. The van der Waals surface area contributed by atoms with Crippen LogP contribution in [0.3, 0.4) is 0 Å². The summed E-state index contributed by atoms with van der Waals surface area (Å²) in [4.78, 5) is 22.3. The standard InChI is InChI=1S/C12H14N2O2/c1-8(2)13-12(16)10-4-6-11(7-5-10)14-9(3)15/h4-7H,1H2,2-3H3,(H,13,16)(H,14,15). The van der Waals surface area contributed by atoms with Gasteiger partial charge in [-0.05, 0) is 31.2 Å². The first-order chi connectivity index (χ1) is 7.49. The molecule has 0 unspecified atom stereocenters. The lowest BCUT2D eigenvalue weighted by Crippen LogP contribution is -2.20. The summed E-state index contributed by atoms with van der Waals surface area (Å²) in [5, 5.41) is 5.22. The molecule has 0 aliphatic rings. The van der Waals surface area contributed by atoms with E-state index in [-0.39, 0.29) is 11.8 Å². The number of hydrogen-bond acceptors (Lipinski definition) is 2. The van der Waals surface area contributed by atoms with Gasteiger partial charge in [0.05, 0.1) is 0 Å². The molecule has 2 N–H and O–H groups in total. The van der Waals surface area contributed by atoms with Crippen molar-refractivity contribution in [2.75, 3.05) is 5.32 Å². The van der Waals surface area contributed by atoms with Crippen molar-refractivity contribution in [3.8, 4) is 0 Å². The average molecular weight is 218 g/mol. The van der Waals surface area contributed by atoms with Crippen LogP contribution in [0.2, 0.25) is 0 Å². The van der Waals surface area contributed by atoms with E-state index >= 15 is 0 Å². The molecule has 4 heteroatoms. The molecule has 0 fully saturated rings. The number of hydrogen-bond donors (Lipinski definition) is 2. The van der Waals surface area contributed by atoms with Crippen LogP contribution < -0.4 is 10.6 Å². The monoisotopic (exact) mass is 218 g/mol. The fourth-order valence-electron chi connectivity index (χ4n) is 1.17. The fourth-order valence-corrected chi connectivity index (χ4v) is 1.17. The van der Waals surface area contributed by atoms with E-state index in [4.69, 9.17) is 0 Å². The Hall–Kier alpha value is -2.10. The quantitative estimate of drug-likeness (QED) is 0.814. The van der Waals surface area contributed by atoms with Crippen LogP contribution in [0.4, 0.5) is 5.69 Å². The number of allylic oxidation sites excluding steroid dienone is 1. The second-order valence-electron chi connectivity index (χ2n) is 3.49. The van der Waals surface area contributed by atoms with Gasteiger partial charge in [0.2, 0.25) is 5.91 Å². The number of nitrogens with one attached hydrogen (secondary N) is 2. The summed E-state index contributed by atoms with van der Waals surface area (Å²) in [6.07, 6.45) is 0. The Balaban J connectivity index is 2.74. The van der Waals surface area contributed by atoms with Gasteiger partial charge < -0.3 is 10.6 Å². The number of amides is 2. The normalized spacial score (nSPS) is 9.38. The summed E-state index contributed by atoms with van der Waals surface area (Å²) in [6, 6.07) is 6.64. The van der Waals surface area contributed by atoms with Gasteiger partial charge in [0.15, 0.2) is 0 Å². The molecule has 1 aromatic rings. The van der Waals surface area contributed by atoms with Gasteiger partial charge in [0.1, 0.15) is 0 Å². The van der Waals surface area contributed by atoms with Crippen LogP contribution >= 0.6 is 0 Å². The van der Waals surface area contributed by atoms with Crippen LogP contribution in [0.25, 0.3) is 0 Å². The molecule has 0 aliphatic carbocycles. The molecular formula is C12H14N2O2. The van der Waals surface area contributed by atoms with Gasteiger partial charge in [-0.3, -0.25) is 9.59 Å². The molecule has 1 aromatic carbocycles. The summed E-state index contributed by atoms with van der Waals surface area (Å²) in [5.41, 5.74) is 1.78. The Kier molecular flexibility index (Phi) is 3.83. The molecule has 0 atom stereocenters. The van der Waals surface area contributed by atoms with Crippen LogP contribution in [-0.2, 0) is 4.79 Å². The van der Waals surface area contributed by atoms with Gasteiger partial charge in [0.25, 0.3) is 5.91 Å². The maximum atomic E-state index is 11.5. The van der Waals surface area contributed by atoms with Crippen LogP contribution in [0.5, 0.6) is 0 Å². The Morgan fingerprint density at radius 3 is 2.12 bits per heavy atom. The minimum atomic E-state index is -0.207. The number of carbonyl (C=O) groups excluding carboxylic acids is 2. The van der Waals surface area contributed by atoms with Gasteiger partial charge in [-0.2, -0.15) is 0 Å². The van der Waals surface area contributed by atoms with Crippen molar-refractivity contribution in [2.24, 2.45) is 0 Å². The molecule has 0 radical (unpaired) electrons. The average Bonchev–Trinajstić information content (AvgIpc) is 2.16. The lowest BCUT2D eigenvalue weighted by Gasteiger charge is -2.05. The fraction of sp³-hybridized carbons (Fsp3) is 0.167. The first-order valence-electron chi connectivity index (χ1n) is 4.83. The van der Waals surface area contributed by atoms with Crippen molar-refractivity contribution in [3.05, 3.63) is 42.1 Å². The van der Waals surface area contributed by atoms with E-state index in [9.17, 15) is 9.59 Å². The molecule has 4 nitrogen and oxygen atoms in total. The van der Waals surface area contributed by atoms with Crippen LogP contribution in [-0.4, -0.2) is 11.8 Å². The zero-order chi connectivity index (χ0) is 12.1. The summed E-state index contributed by atoms with van der Waals surface area (Å²) in [6.45, 7) is 6.73. The van der Waals surface area contributed by atoms with E-state index in [0.29, 0.717) is 16.9 Å². The molecular weight excluding hydrogens is 204 g/mol. The third-order valence-electron chi connectivity index (χ3n) is 1.79. The Morgan fingerprint density at radius 2 is 1.69 bits per heavy atom.